The zero-order valence-electron chi connectivity index (χ0n) is 16.6. The number of urea groups is 1. The molecule has 0 unspecified atom stereocenters. The maximum absolute atomic E-state index is 11.9. The first-order valence-corrected chi connectivity index (χ1v) is 9.03. The van der Waals surface area contributed by atoms with Crippen LogP contribution in [-0.2, 0) is 11.8 Å². The van der Waals surface area contributed by atoms with Crippen LogP contribution >= 0.6 is 0 Å². The van der Waals surface area contributed by atoms with Gasteiger partial charge in [0, 0.05) is 37.0 Å². The van der Waals surface area contributed by atoms with Crippen molar-refractivity contribution in [1.29, 1.82) is 0 Å². The second-order valence-electron chi connectivity index (χ2n) is 6.81. The minimum absolute atomic E-state index is 0.289. The number of aryl methyl sites for hydroxylation is 2. The van der Waals surface area contributed by atoms with Crippen molar-refractivity contribution in [3.05, 3.63) is 48.5 Å². The SMILES string of the molecule is Cc1cc(NC(=O)NC(=O)C(C)C)ncc1Oc1ccnc(-c2cnn(C)c2)c1. The molecule has 0 atom stereocenters. The largest absolute Gasteiger partial charge is 0.455 e. The van der Waals surface area contributed by atoms with E-state index in [1.54, 1.807) is 43.1 Å². The number of pyridine rings is 2. The fourth-order valence-corrected chi connectivity index (χ4v) is 2.44. The maximum atomic E-state index is 11.9. The number of anilines is 1. The number of carbonyl (C=O) groups is 2. The first-order valence-electron chi connectivity index (χ1n) is 9.03. The summed E-state index contributed by atoms with van der Waals surface area (Å²) in [6.45, 7) is 5.24. The Morgan fingerprint density at radius 2 is 1.97 bits per heavy atom. The number of amides is 3. The predicted octanol–water partition coefficient (Wildman–Crippen LogP) is 3.28. The number of hydrogen-bond donors (Lipinski definition) is 2. The molecule has 150 valence electrons. The van der Waals surface area contributed by atoms with E-state index in [4.69, 9.17) is 4.74 Å². The molecule has 3 amide bonds. The van der Waals surface area contributed by atoms with Gasteiger partial charge in [-0.3, -0.25) is 25.1 Å². The van der Waals surface area contributed by atoms with Gasteiger partial charge in [-0.2, -0.15) is 5.10 Å². The van der Waals surface area contributed by atoms with E-state index in [-0.39, 0.29) is 11.8 Å². The van der Waals surface area contributed by atoms with Gasteiger partial charge < -0.3 is 4.74 Å². The van der Waals surface area contributed by atoms with E-state index in [9.17, 15) is 9.59 Å². The summed E-state index contributed by atoms with van der Waals surface area (Å²) in [5.74, 6) is 0.807. The van der Waals surface area contributed by atoms with Crippen molar-refractivity contribution in [1.82, 2.24) is 25.1 Å². The van der Waals surface area contributed by atoms with Crippen LogP contribution in [0.2, 0.25) is 0 Å². The van der Waals surface area contributed by atoms with Crippen molar-refractivity contribution in [2.45, 2.75) is 20.8 Å². The van der Waals surface area contributed by atoms with Gasteiger partial charge in [0.25, 0.3) is 0 Å². The average molecular weight is 394 g/mol. The normalized spacial score (nSPS) is 10.7. The van der Waals surface area contributed by atoms with Gasteiger partial charge in [-0.1, -0.05) is 13.8 Å². The molecule has 0 saturated carbocycles. The van der Waals surface area contributed by atoms with Gasteiger partial charge in [0.15, 0.2) is 0 Å². The Hall–Kier alpha value is -3.75. The zero-order valence-corrected chi connectivity index (χ0v) is 16.6. The summed E-state index contributed by atoms with van der Waals surface area (Å²) >= 11 is 0. The van der Waals surface area contributed by atoms with E-state index in [2.05, 4.69) is 25.7 Å². The molecule has 29 heavy (non-hydrogen) atoms. The van der Waals surface area contributed by atoms with E-state index >= 15 is 0 Å². The molecular formula is C20H22N6O3. The molecule has 9 heteroatoms. The summed E-state index contributed by atoms with van der Waals surface area (Å²) in [4.78, 5) is 32.0. The van der Waals surface area contributed by atoms with Crippen molar-refractivity contribution in [2.75, 3.05) is 5.32 Å². The second kappa shape index (κ2) is 8.51. The third-order valence-electron chi connectivity index (χ3n) is 4.03. The number of aromatic nitrogens is 4. The summed E-state index contributed by atoms with van der Waals surface area (Å²) in [5, 5.41) is 8.93. The topological polar surface area (TPSA) is 111 Å². The number of nitrogens with zero attached hydrogens (tertiary/aromatic N) is 4. The number of ether oxygens (including phenoxy) is 1. The van der Waals surface area contributed by atoms with Gasteiger partial charge in [0.05, 0.1) is 18.1 Å². The Morgan fingerprint density at radius 3 is 2.62 bits per heavy atom. The fourth-order valence-electron chi connectivity index (χ4n) is 2.44. The third kappa shape index (κ3) is 5.16. The Kier molecular flexibility index (Phi) is 5.87. The van der Waals surface area contributed by atoms with Crippen molar-refractivity contribution < 1.29 is 14.3 Å². The van der Waals surface area contributed by atoms with Crippen molar-refractivity contribution in [2.24, 2.45) is 13.0 Å². The van der Waals surface area contributed by atoms with E-state index in [0.717, 1.165) is 16.8 Å². The Labute approximate surface area is 168 Å². The summed E-state index contributed by atoms with van der Waals surface area (Å²) in [5.41, 5.74) is 2.39. The van der Waals surface area contributed by atoms with Crippen LogP contribution in [0.25, 0.3) is 11.3 Å². The summed E-state index contributed by atoms with van der Waals surface area (Å²) < 4.78 is 7.63. The first kappa shape index (κ1) is 20.0. The second-order valence-corrected chi connectivity index (χ2v) is 6.81. The Balaban J connectivity index is 1.70. The smallest absolute Gasteiger partial charge is 0.327 e. The lowest BCUT2D eigenvalue weighted by Crippen LogP contribution is -2.37. The molecule has 3 rings (SSSR count). The fraction of sp³-hybridized carbons (Fsp3) is 0.250. The molecule has 0 aliphatic carbocycles. The number of nitrogens with one attached hydrogen (secondary N) is 2. The average Bonchev–Trinajstić information content (AvgIpc) is 3.10. The van der Waals surface area contributed by atoms with Crippen molar-refractivity contribution in [3.63, 3.8) is 0 Å². The maximum Gasteiger partial charge on any atom is 0.327 e. The van der Waals surface area contributed by atoms with E-state index < -0.39 is 6.03 Å². The Morgan fingerprint density at radius 1 is 1.17 bits per heavy atom. The lowest BCUT2D eigenvalue weighted by molar-refractivity contribution is -0.122. The van der Waals surface area contributed by atoms with Crippen LogP contribution in [0.4, 0.5) is 10.6 Å². The van der Waals surface area contributed by atoms with Gasteiger partial charge in [-0.25, -0.2) is 9.78 Å². The van der Waals surface area contributed by atoms with Crippen LogP contribution in [0.5, 0.6) is 11.5 Å². The van der Waals surface area contributed by atoms with Crippen LogP contribution in [0.3, 0.4) is 0 Å². The number of rotatable bonds is 5. The van der Waals surface area contributed by atoms with Crippen molar-refractivity contribution >= 4 is 17.8 Å². The molecule has 0 aliphatic rings. The minimum Gasteiger partial charge on any atom is -0.455 e. The molecule has 3 aromatic heterocycles. The molecule has 0 radical (unpaired) electrons. The molecule has 9 nitrogen and oxygen atoms in total. The van der Waals surface area contributed by atoms with Crippen LogP contribution in [0.15, 0.2) is 43.0 Å². The standard InChI is InChI=1S/C20H22N6O3/c1-12(2)19(27)25-20(28)24-18-7-13(3)17(10-22-18)29-15-5-6-21-16(8-15)14-9-23-26(4)11-14/h5-12H,1-4H3,(H2,22,24,25,27,28). The number of hydrogen-bond acceptors (Lipinski definition) is 6. The molecule has 0 bridgehead atoms. The van der Waals surface area contributed by atoms with E-state index in [1.165, 1.54) is 6.20 Å². The molecule has 0 aliphatic heterocycles. The van der Waals surface area contributed by atoms with Crippen molar-refractivity contribution in [3.8, 4) is 22.8 Å². The molecule has 0 saturated heterocycles. The predicted molar refractivity (Wildman–Crippen MR) is 107 cm³/mol. The highest BCUT2D eigenvalue weighted by molar-refractivity contribution is 6.01. The molecular weight excluding hydrogens is 372 g/mol. The van der Waals surface area contributed by atoms with E-state index in [0.29, 0.717) is 17.3 Å². The zero-order chi connectivity index (χ0) is 21.0. The van der Waals surface area contributed by atoms with Gasteiger partial charge in [0.1, 0.15) is 17.3 Å². The highest BCUT2D eigenvalue weighted by atomic mass is 16.5. The van der Waals surface area contributed by atoms with Gasteiger partial charge in [0.2, 0.25) is 5.91 Å². The van der Waals surface area contributed by atoms with Gasteiger partial charge >= 0.3 is 6.03 Å². The molecule has 0 spiro atoms. The Bertz CT molecular complexity index is 1040. The summed E-state index contributed by atoms with van der Waals surface area (Å²) in [6, 6.07) is 4.60. The lowest BCUT2D eigenvalue weighted by atomic mass is 10.2. The number of imide groups is 1. The van der Waals surface area contributed by atoms with Crippen LogP contribution in [-0.4, -0.2) is 31.7 Å². The summed E-state index contributed by atoms with van der Waals surface area (Å²) in [6.07, 6.45) is 6.77. The molecule has 0 fully saturated rings. The van der Waals surface area contributed by atoms with E-state index in [1.807, 2.05) is 26.2 Å². The monoisotopic (exact) mass is 394 g/mol. The van der Waals surface area contributed by atoms with Gasteiger partial charge in [-0.15, -0.1) is 0 Å². The molecule has 3 heterocycles. The first-order chi connectivity index (χ1) is 13.8. The highest BCUT2D eigenvalue weighted by Gasteiger charge is 2.13. The molecule has 0 aromatic carbocycles. The quantitative estimate of drug-likeness (QED) is 0.687. The number of carbonyl (C=O) groups excluding carboxylic acids is 2. The molecule has 2 N–H and O–H groups in total. The highest BCUT2D eigenvalue weighted by Crippen LogP contribution is 2.28. The molecule has 3 aromatic rings. The minimum atomic E-state index is -0.625. The van der Waals surface area contributed by atoms with Crippen LogP contribution < -0.4 is 15.4 Å². The summed E-state index contributed by atoms with van der Waals surface area (Å²) in [7, 11) is 1.84. The van der Waals surface area contributed by atoms with Gasteiger partial charge in [-0.05, 0) is 24.6 Å². The van der Waals surface area contributed by atoms with Crippen LogP contribution in [0.1, 0.15) is 19.4 Å². The third-order valence-corrected chi connectivity index (χ3v) is 4.03. The van der Waals surface area contributed by atoms with Crippen LogP contribution in [0, 0.1) is 12.8 Å². The lowest BCUT2D eigenvalue weighted by Gasteiger charge is -2.11.